The number of aliphatic carboxylic acids is 4. The summed E-state index contributed by atoms with van der Waals surface area (Å²) >= 11 is 0. The van der Waals surface area contributed by atoms with Crippen molar-refractivity contribution in [3.63, 3.8) is 0 Å². The smallest absolute Gasteiger partial charge is 0.317 e. The molecule has 1 heterocycles. The van der Waals surface area contributed by atoms with Gasteiger partial charge in [0.15, 0.2) is 0 Å². The van der Waals surface area contributed by atoms with Crippen molar-refractivity contribution < 1.29 is 39.6 Å². The third-order valence-electron chi connectivity index (χ3n) is 3.38. The maximum Gasteiger partial charge on any atom is 0.317 e. The number of piperidine rings is 1. The van der Waals surface area contributed by atoms with E-state index in [1.807, 2.05) is 0 Å². The fourth-order valence-electron chi connectivity index (χ4n) is 2.28. The van der Waals surface area contributed by atoms with Crippen LogP contribution in [0.2, 0.25) is 0 Å². The van der Waals surface area contributed by atoms with E-state index in [4.69, 9.17) is 20.4 Å². The Labute approximate surface area is 151 Å². The highest BCUT2D eigenvalue weighted by molar-refractivity contribution is 5.73. The second-order valence-corrected chi connectivity index (χ2v) is 5.81. The highest BCUT2D eigenvalue weighted by Gasteiger charge is 2.17. The summed E-state index contributed by atoms with van der Waals surface area (Å²) in [6.45, 7) is 0.249. The van der Waals surface area contributed by atoms with Gasteiger partial charge in [-0.1, -0.05) is 6.42 Å². The first-order valence-electron chi connectivity index (χ1n) is 8.23. The maximum atomic E-state index is 10.6. The standard InChI is InChI=1S/C10H16N2O8.C5H11N/c13-7(14)3-11(4-8(15)16)1-2-12(5-9(17)18)6-10(19)20;1-2-4-6-5-3-1/h1-6H2,(H,13,14)(H,15,16)(H,17,18)(H,19,20);6H,1-5H2. The van der Waals surface area contributed by atoms with E-state index in [2.05, 4.69) is 5.32 Å². The van der Waals surface area contributed by atoms with Gasteiger partial charge in [0.2, 0.25) is 0 Å². The second kappa shape index (κ2) is 14.0. The first-order chi connectivity index (χ1) is 12.2. The summed E-state index contributed by atoms with van der Waals surface area (Å²) in [6.07, 6.45) is 4.22. The Morgan fingerprint density at radius 1 is 0.615 bits per heavy atom. The zero-order valence-corrected chi connectivity index (χ0v) is 14.6. The Hall–Kier alpha value is -2.24. The number of hydrogen-bond donors (Lipinski definition) is 5. The van der Waals surface area contributed by atoms with Crippen molar-refractivity contribution in [3.05, 3.63) is 0 Å². The SMILES string of the molecule is C1CCNCC1.O=C(O)CN(CCN(CC(=O)O)CC(=O)O)CC(=O)O. The van der Waals surface area contributed by atoms with Crippen LogP contribution in [0, 0.1) is 0 Å². The summed E-state index contributed by atoms with van der Waals surface area (Å²) in [4.78, 5) is 44.4. The molecule has 11 heteroatoms. The van der Waals surface area contributed by atoms with Crippen LogP contribution in [0.5, 0.6) is 0 Å². The van der Waals surface area contributed by atoms with Gasteiger partial charge in [-0.05, 0) is 25.9 Å². The van der Waals surface area contributed by atoms with Crippen LogP contribution in [0.15, 0.2) is 0 Å². The largest absolute Gasteiger partial charge is 0.480 e. The van der Waals surface area contributed by atoms with Crippen LogP contribution >= 0.6 is 0 Å². The maximum absolute atomic E-state index is 10.6. The van der Waals surface area contributed by atoms with E-state index < -0.39 is 50.1 Å². The number of carboxylic acid groups (broad SMARTS) is 4. The molecule has 1 fully saturated rings. The van der Waals surface area contributed by atoms with Gasteiger partial charge in [-0.2, -0.15) is 0 Å². The number of carboxylic acids is 4. The molecular formula is C15H27N3O8. The molecule has 0 aliphatic carbocycles. The van der Waals surface area contributed by atoms with Crippen LogP contribution in [0.1, 0.15) is 19.3 Å². The second-order valence-electron chi connectivity index (χ2n) is 5.81. The van der Waals surface area contributed by atoms with Crippen LogP contribution in [-0.2, 0) is 19.2 Å². The highest BCUT2D eigenvalue weighted by atomic mass is 16.4. The van der Waals surface area contributed by atoms with Crippen LogP contribution < -0.4 is 5.32 Å². The van der Waals surface area contributed by atoms with Crippen LogP contribution in [0.4, 0.5) is 0 Å². The lowest BCUT2D eigenvalue weighted by atomic mass is 10.2. The van der Waals surface area contributed by atoms with Gasteiger partial charge in [0.25, 0.3) is 0 Å². The van der Waals surface area contributed by atoms with Crippen molar-refractivity contribution in [3.8, 4) is 0 Å². The number of hydrogen-bond acceptors (Lipinski definition) is 7. The minimum Gasteiger partial charge on any atom is -0.480 e. The lowest BCUT2D eigenvalue weighted by molar-refractivity contribution is -0.145. The number of nitrogens with zero attached hydrogens (tertiary/aromatic N) is 2. The minimum atomic E-state index is -1.23. The van der Waals surface area contributed by atoms with Gasteiger partial charge in [-0.25, -0.2) is 0 Å². The summed E-state index contributed by atoms with van der Waals surface area (Å²) < 4.78 is 0. The average molecular weight is 377 g/mol. The molecule has 150 valence electrons. The van der Waals surface area contributed by atoms with Crippen molar-refractivity contribution in [2.45, 2.75) is 19.3 Å². The van der Waals surface area contributed by atoms with Gasteiger partial charge in [0, 0.05) is 13.1 Å². The zero-order chi connectivity index (χ0) is 19.9. The fourth-order valence-corrected chi connectivity index (χ4v) is 2.28. The molecule has 0 spiro atoms. The van der Waals surface area contributed by atoms with E-state index in [0.29, 0.717) is 0 Å². The molecule has 1 aliphatic heterocycles. The van der Waals surface area contributed by atoms with Crippen molar-refractivity contribution in [2.75, 3.05) is 52.4 Å². The molecule has 1 aliphatic rings. The molecule has 0 unspecified atom stereocenters. The topological polar surface area (TPSA) is 168 Å². The molecule has 0 radical (unpaired) electrons. The number of nitrogens with one attached hydrogen (secondary N) is 1. The molecule has 0 saturated carbocycles. The van der Waals surface area contributed by atoms with E-state index in [-0.39, 0.29) is 13.1 Å². The van der Waals surface area contributed by atoms with Crippen molar-refractivity contribution >= 4 is 23.9 Å². The molecular weight excluding hydrogens is 350 g/mol. The first-order valence-corrected chi connectivity index (χ1v) is 8.23. The van der Waals surface area contributed by atoms with Crippen molar-refractivity contribution in [1.82, 2.24) is 15.1 Å². The lowest BCUT2D eigenvalue weighted by Gasteiger charge is -2.23. The Bertz CT molecular complexity index is 388. The van der Waals surface area contributed by atoms with Crippen LogP contribution in [0.25, 0.3) is 0 Å². The Morgan fingerprint density at radius 3 is 1.08 bits per heavy atom. The predicted molar refractivity (Wildman–Crippen MR) is 90.1 cm³/mol. The number of rotatable bonds is 11. The molecule has 0 aromatic heterocycles. The van der Waals surface area contributed by atoms with Gasteiger partial charge >= 0.3 is 23.9 Å². The summed E-state index contributed by atoms with van der Waals surface area (Å²) in [5.41, 5.74) is 0. The van der Waals surface area contributed by atoms with Gasteiger partial charge in [-0.3, -0.25) is 29.0 Å². The first kappa shape index (κ1) is 23.8. The highest BCUT2D eigenvalue weighted by Crippen LogP contribution is 1.96. The van der Waals surface area contributed by atoms with Gasteiger partial charge in [-0.15, -0.1) is 0 Å². The molecule has 0 aromatic rings. The zero-order valence-electron chi connectivity index (χ0n) is 14.6. The Balaban J connectivity index is 0.000000867. The Kier molecular flexibility index (Phi) is 12.8. The van der Waals surface area contributed by atoms with Gasteiger partial charge < -0.3 is 25.7 Å². The van der Waals surface area contributed by atoms with Crippen molar-refractivity contribution in [1.29, 1.82) is 0 Å². The van der Waals surface area contributed by atoms with Gasteiger partial charge in [0.05, 0.1) is 26.2 Å². The van der Waals surface area contributed by atoms with E-state index in [1.165, 1.54) is 32.4 Å². The van der Waals surface area contributed by atoms with Gasteiger partial charge in [0.1, 0.15) is 0 Å². The quantitative estimate of drug-likeness (QED) is 0.290. The minimum absolute atomic E-state index is 0.0703. The predicted octanol–water partition coefficient (Wildman–Crippen LogP) is -1.31. The van der Waals surface area contributed by atoms with Crippen molar-refractivity contribution in [2.24, 2.45) is 0 Å². The Morgan fingerprint density at radius 2 is 0.923 bits per heavy atom. The molecule has 0 amide bonds. The fraction of sp³-hybridized carbons (Fsp3) is 0.733. The van der Waals surface area contributed by atoms with E-state index >= 15 is 0 Å². The van der Waals surface area contributed by atoms with Crippen LogP contribution in [0.3, 0.4) is 0 Å². The van der Waals surface area contributed by atoms with E-state index in [1.54, 1.807) is 0 Å². The molecule has 1 saturated heterocycles. The summed E-state index contributed by atoms with van der Waals surface area (Å²) in [7, 11) is 0. The van der Waals surface area contributed by atoms with Crippen LogP contribution in [-0.4, -0.2) is 106 Å². The monoisotopic (exact) mass is 377 g/mol. The molecule has 11 nitrogen and oxygen atoms in total. The molecule has 1 rings (SSSR count). The molecule has 0 atom stereocenters. The summed E-state index contributed by atoms with van der Waals surface area (Å²) in [5, 5.41) is 37.8. The average Bonchev–Trinajstić information content (AvgIpc) is 2.52. The molecule has 0 aromatic carbocycles. The molecule has 0 bridgehead atoms. The summed E-state index contributed by atoms with van der Waals surface area (Å²) in [6, 6.07) is 0. The third-order valence-corrected chi connectivity index (χ3v) is 3.38. The molecule has 26 heavy (non-hydrogen) atoms. The molecule has 5 N–H and O–H groups in total. The number of carbonyl (C=O) groups is 4. The summed E-state index contributed by atoms with van der Waals surface area (Å²) in [5.74, 6) is -4.91. The lowest BCUT2D eigenvalue weighted by Crippen LogP contribution is -2.43. The third kappa shape index (κ3) is 15.3. The van der Waals surface area contributed by atoms with E-state index in [9.17, 15) is 19.2 Å². The normalized spacial score (nSPS) is 13.8. The van der Waals surface area contributed by atoms with E-state index in [0.717, 1.165) is 9.80 Å².